The van der Waals surface area contributed by atoms with Gasteiger partial charge in [-0.15, -0.1) is 21.5 Å². The highest BCUT2D eigenvalue weighted by Crippen LogP contribution is 2.27. The molecule has 0 aliphatic rings. The molecule has 0 saturated carbocycles. The van der Waals surface area contributed by atoms with Crippen molar-refractivity contribution < 1.29 is 9.53 Å². The Balaban J connectivity index is 1.30. The van der Waals surface area contributed by atoms with E-state index in [-0.39, 0.29) is 11.7 Å². The third-order valence-electron chi connectivity index (χ3n) is 4.92. The van der Waals surface area contributed by atoms with Gasteiger partial charge in [0.05, 0.1) is 11.4 Å². The number of aromatic nitrogens is 4. The summed E-state index contributed by atoms with van der Waals surface area (Å²) in [6.45, 7) is 4.47. The fraction of sp³-hybridized carbons (Fsp3) is 0.217. The van der Waals surface area contributed by atoms with Crippen molar-refractivity contribution in [1.29, 1.82) is 0 Å². The van der Waals surface area contributed by atoms with Gasteiger partial charge in [0.25, 0.3) is 0 Å². The zero-order valence-corrected chi connectivity index (χ0v) is 19.7. The lowest BCUT2D eigenvalue weighted by Crippen LogP contribution is -2.14. The summed E-state index contributed by atoms with van der Waals surface area (Å²) in [6, 6.07) is 15.8. The molecular formula is C23H23N5O2S2. The smallest absolute Gasteiger partial charge is 0.236 e. The molecule has 0 radical (unpaired) electrons. The molecule has 4 aromatic rings. The van der Waals surface area contributed by atoms with Crippen LogP contribution in [0.5, 0.6) is 5.75 Å². The fourth-order valence-corrected chi connectivity index (χ4v) is 4.38. The highest BCUT2D eigenvalue weighted by molar-refractivity contribution is 7.99. The summed E-state index contributed by atoms with van der Waals surface area (Å²) in [6.07, 6.45) is 0. The highest BCUT2D eigenvalue weighted by atomic mass is 32.2. The van der Waals surface area contributed by atoms with Crippen molar-refractivity contribution in [2.45, 2.75) is 25.6 Å². The molecule has 1 amide bonds. The standard InChI is InChI=1S/C23H23N5O2S2/c1-15-9-10-17(11-16(15)2)19-13-31-22(24-19)25-21(29)14-32-23-27-26-20(28(23)3)12-30-18-7-5-4-6-8-18/h4-11,13H,12,14H2,1-3H3,(H,24,25,29). The molecule has 7 nitrogen and oxygen atoms in total. The van der Waals surface area contributed by atoms with Crippen LogP contribution in [0, 0.1) is 13.8 Å². The molecule has 0 spiro atoms. The topological polar surface area (TPSA) is 81.9 Å². The van der Waals surface area contributed by atoms with Crippen LogP contribution in [0.1, 0.15) is 17.0 Å². The molecule has 0 aliphatic heterocycles. The number of thioether (sulfide) groups is 1. The van der Waals surface area contributed by atoms with Gasteiger partial charge >= 0.3 is 0 Å². The lowest BCUT2D eigenvalue weighted by atomic mass is 10.1. The van der Waals surface area contributed by atoms with Crippen LogP contribution in [0.25, 0.3) is 11.3 Å². The number of hydrogen-bond acceptors (Lipinski definition) is 7. The number of thiazole rings is 1. The molecule has 0 fully saturated rings. The molecule has 2 heterocycles. The zero-order chi connectivity index (χ0) is 22.5. The maximum atomic E-state index is 12.4. The van der Waals surface area contributed by atoms with Crippen LogP contribution < -0.4 is 10.1 Å². The van der Waals surface area contributed by atoms with Crippen LogP contribution in [0.15, 0.2) is 59.1 Å². The average molecular weight is 466 g/mol. The zero-order valence-electron chi connectivity index (χ0n) is 18.0. The number of nitrogens with one attached hydrogen (secondary N) is 1. The molecule has 0 atom stereocenters. The second kappa shape index (κ2) is 9.97. The number of nitrogens with zero attached hydrogens (tertiary/aromatic N) is 4. The molecule has 32 heavy (non-hydrogen) atoms. The third-order valence-corrected chi connectivity index (χ3v) is 6.70. The number of carbonyl (C=O) groups is 1. The molecule has 1 N–H and O–H groups in total. The van der Waals surface area contributed by atoms with E-state index in [1.807, 2.05) is 53.4 Å². The summed E-state index contributed by atoms with van der Waals surface area (Å²) in [5.74, 6) is 1.54. The fourth-order valence-electron chi connectivity index (χ4n) is 2.91. The largest absolute Gasteiger partial charge is 0.486 e. The Hall–Kier alpha value is -3.17. The first-order chi connectivity index (χ1) is 15.5. The van der Waals surface area contributed by atoms with Crippen molar-refractivity contribution in [3.63, 3.8) is 0 Å². The van der Waals surface area contributed by atoms with Gasteiger partial charge in [0.1, 0.15) is 12.4 Å². The van der Waals surface area contributed by atoms with Crippen molar-refractivity contribution in [3.05, 3.63) is 70.9 Å². The van der Waals surface area contributed by atoms with Crippen LogP contribution in [0.4, 0.5) is 5.13 Å². The molecule has 9 heteroatoms. The van der Waals surface area contributed by atoms with E-state index in [2.05, 4.69) is 46.5 Å². The molecule has 4 rings (SSSR count). The molecule has 2 aromatic heterocycles. The number of rotatable bonds is 8. The maximum Gasteiger partial charge on any atom is 0.236 e. The van der Waals surface area contributed by atoms with E-state index in [1.165, 1.54) is 34.2 Å². The van der Waals surface area contributed by atoms with Crippen LogP contribution >= 0.6 is 23.1 Å². The Morgan fingerprint density at radius 2 is 1.94 bits per heavy atom. The van der Waals surface area contributed by atoms with Gasteiger partial charge in [0, 0.05) is 18.0 Å². The number of benzene rings is 2. The van der Waals surface area contributed by atoms with E-state index in [1.54, 1.807) is 0 Å². The van der Waals surface area contributed by atoms with Gasteiger partial charge in [0.15, 0.2) is 16.1 Å². The first-order valence-corrected chi connectivity index (χ1v) is 11.9. The molecule has 2 aromatic carbocycles. The maximum absolute atomic E-state index is 12.4. The van der Waals surface area contributed by atoms with E-state index in [0.29, 0.717) is 22.7 Å². The van der Waals surface area contributed by atoms with Crippen molar-refractivity contribution in [1.82, 2.24) is 19.7 Å². The quantitative estimate of drug-likeness (QED) is 0.374. The third kappa shape index (κ3) is 5.35. The summed E-state index contributed by atoms with van der Waals surface area (Å²) >= 11 is 2.74. The number of aryl methyl sites for hydroxylation is 2. The lowest BCUT2D eigenvalue weighted by molar-refractivity contribution is -0.113. The number of anilines is 1. The lowest BCUT2D eigenvalue weighted by Gasteiger charge is -2.06. The molecule has 0 aliphatic carbocycles. The number of hydrogen-bond donors (Lipinski definition) is 1. The van der Waals surface area contributed by atoms with Gasteiger partial charge < -0.3 is 14.6 Å². The minimum absolute atomic E-state index is 0.138. The normalized spacial score (nSPS) is 10.8. The van der Waals surface area contributed by atoms with Gasteiger partial charge in [-0.05, 0) is 43.2 Å². The second-order valence-corrected chi connectivity index (χ2v) is 9.03. The summed E-state index contributed by atoms with van der Waals surface area (Å²) in [5.41, 5.74) is 4.36. The Bertz CT molecular complexity index is 1220. The van der Waals surface area contributed by atoms with Gasteiger partial charge in [-0.2, -0.15) is 0 Å². The highest BCUT2D eigenvalue weighted by Gasteiger charge is 2.14. The van der Waals surface area contributed by atoms with E-state index in [4.69, 9.17) is 4.74 Å². The predicted molar refractivity (Wildman–Crippen MR) is 128 cm³/mol. The Kier molecular flexibility index (Phi) is 6.87. The summed E-state index contributed by atoms with van der Waals surface area (Å²) in [7, 11) is 1.86. The summed E-state index contributed by atoms with van der Waals surface area (Å²) in [4.78, 5) is 17.0. The summed E-state index contributed by atoms with van der Waals surface area (Å²) < 4.78 is 7.56. The number of carbonyl (C=O) groups excluding carboxylic acids is 1. The number of ether oxygens (including phenoxy) is 1. The van der Waals surface area contributed by atoms with Crippen molar-refractivity contribution in [2.75, 3.05) is 11.1 Å². The molecule has 0 saturated heterocycles. The Morgan fingerprint density at radius 3 is 2.72 bits per heavy atom. The van der Waals surface area contributed by atoms with Gasteiger partial charge in [-0.25, -0.2) is 4.98 Å². The van der Waals surface area contributed by atoms with E-state index >= 15 is 0 Å². The first-order valence-electron chi connectivity index (χ1n) is 10.0. The van der Waals surface area contributed by atoms with E-state index < -0.39 is 0 Å². The van der Waals surface area contributed by atoms with Crippen LogP contribution in [-0.4, -0.2) is 31.4 Å². The van der Waals surface area contributed by atoms with Crippen LogP contribution in [0.2, 0.25) is 0 Å². The first kappa shape index (κ1) is 22.0. The van der Waals surface area contributed by atoms with Gasteiger partial charge in [0.2, 0.25) is 5.91 Å². The second-order valence-electron chi connectivity index (χ2n) is 7.23. The molecule has 0 unspecified atom stereocenters. The van der Waals surface area contributed by atoms with Gasteiger partial charge in [-0.3, -0.25) is 4.79 Å². The number of para-hydroxylation sites is 1. The van der Waals surface area contributed by atoms with Crippen molar-refractivity contribution >= 4 is 34.1 Å². The minimum Gasteiger partial charge on any atom is -0.486 e. The van der Waals surface area contributed by atoms with E-state index in [0.717, 1.165) is 17.0 Å². The van der Waals surface area contributed by atoms with Crippen LogP contribution in [0.3, 0.4) is 0 Å². The SMILES string of the molecule is Cc1ccc(-c2csc(NC(=O)CSc3nnc(COc4ccccc4)n3C)n2)cc1C. The van der Waals surface area contributed by atoms with Crippen LogP contribution in [-0.2, 0) is 18.4 Å². The summed E-state index contributed by atoms with van der Waals surface area (Å²) in [5, 5.41) is 14.4. The number of amides is 1. The van der Waals surface area contributed by atoms with Crippen molar-refractivity contribution in [3.8, 4) is 17.0 Å². The average Bonchev–Trinajstić information content (AvgIpc) is 3.40. The minimum atomic E-state index is -0.138. The molecular weight excluding hydrogens is 442 g/mol. The molecule has 0 bridgehead atoms. The Labute approximate surface area is 194 Å². The Morgan fingerprint density at radius 1 is 1.12 bits per heavy atom. The van der Waals surface area contributed by atoms with Gasteiger partial charge in [-0.1, -0.05) is 42.1 Å². The van der Waals surface area contributed by atoms with Crippen molar-refractivity contribution in [2.24, 2.45) is 7.05 Å². The van der Waals surface area contributed by atoms with E-state index in [9.17, 15) is 4.79 Å². The molecule has 164 valence electrons. The predicted octanol–water partition coefficient (Wildman–Crippen LogP) is 4.87. The monoisotopic (exact) mass is 465 g/mol.